The van der Waals surface area contributed by atoms with Gasteiger partial charge in [0.2, 0.25) is 0 Å². The highest BCUT2D eigenvalue weighted by atomic mass is 16.3. The summed E-state index contributed by atoms with van der Waals surface area (Å²) in [6, 6.07) is 65.6. The van der Waals surface area contributed by atoms with Gasteiger partial charge in [-0.2, -0.15) is 0 Å². The topological polar surface area (TPSA) is 57.0 Å². The predicted octanol–water partition coefficient (Wildman–Crippen LogP) is 14.0. The Hall–Kier alpha value is -7.76. The van der Waals surface area contributed by atoms with Crippen LogP contribution in [-0.2, 0) is 0 Å². The molecule has 0 unspecified atom stereocenters. The van der Waals surface area contributed by atoms with Gasteiger partial charge in [0.25, 0.3) is 0 Å². The van der Waals surface area contributed by atoms with Crippen molar-refractivity contribution < 1.29 is 8.83 Å². The van der Waals surface area contributed by atoms with Gasteiger partial charge in [0, 0.05) is 43.7 Å². The average Bonchev–Trinajstić information content (AvgIpc) is 3.95. The lowest BCUT2D eigenvalue weighted by molar-refractivity contribution is 0.667. The van der Waals surface area contributed by atoms with Gasteiger partial charge in [-0.05, 0) is 89.0 Å². The second kappa shape index (κ2) is 12.4. The number of hydrogen-bond donors (Lipinski definition) is 0. The SMILES string of the molecule is c1ccc(-c2ccc3oc4c(-c5ccccc5)nc(-c5ccc6c(c5)oc5ccc(-c7ccc8c(c7)c7ccccc7n8-c7ccccc7)cc56)nc4c3c2)cc1. The maximum absolute atomic E-state index is 6.53. The predicted molar refractivity (Wildman–Crippen MR) is 233 cm³/mol. The van der Waals surface area contributed by atoms with Crippen LogP contribution >= 0.6 is 0 Å². The van der Waals surface area contributed by atoms with Crippen LogP contribution in [0.1, 0.15) is 0 Å². The number of furan rings is 2. The Morgan fingerprint density at radius 1 is 0.351 bits per heavy atom. The van der Waals surface area contributed by atoms with E-state index in [2.05, 4.69) is 162 Å². The van der Waals surface area contributed by atoms with E-state index in [0.29, 0.717) is 11.4 Å². The molecule has 0 spiro atoms. The number of fused-ring (bicyclic) bond motifs is 9. The zero-order valence-electron chi connectivity index (χ0n) is 30.6. The maximum atomic E-state index is 6.53. The van der Waals surface area contributed by atoms with Gasteiger partial charge >= 0.3 is 0 Å². The van der Waals surface area contributed by atoms with Crippen molar-refractivity contribution in [3.05, 3.63) is 188 Å². The molecule has 0 fully saturated rings. The van der Waals surface area contributed by atoms with Gasteiger partial charge < -0.3 is 13.4 Å². The van der Waals surface area contributed by atoms with Gasteiger partial charge in [-0.3, -0.25) is 0 Å². The summed E-state index contributed by atoms with van der Waals surface area (Å²) >= 11 is 0. The molecule has 8 aromatic carbocycles. The Balaban J connectivity index is 0.983. The fourth-order valence-corrected chi connectivity index (χ4v) is 8.48. The Labute approximate surface area is 326 Å². The number of aromatic nitrogens is 3. The van der Waals surface area contributed by atoms with E-state index in [1.54, 1.807) is 0 Å². The molecule has 57 heavy (non-hydrogen) atoms. The zero-order chi connectivity index (χ0) is 37.5. The lowest BCUT2D eigenvalue weighted by Gasteiger charge is -2.08. The first-order valence-corrected chi connectivity index (χ1v) is 19.1. The number of hydrogen-bond acceptors (Lipinski definition) is 4. The summed E-state index contributed by atoms with van der Waals surface area (Å²) < 4.78 is 15.4. The molecule has 0 radical (unpaired) electrons. The third kappa shape index (κ3) is 5.03. The molecular weight excluding hydrogens is 699 g/mol. The van der Waals surface area contributed by atoms with Crippen LogP contribution in [0.15, 0.2) is 197 Å². The van der Waals surface area contributed by atoms with Crippen molar-refractivity contribution in [2.45, 2.75) is 0 Å². The summed E-state index contributed by atoms with van der Waals surface area (Å²) in [5, 5.41) is 5.52. The van der Waals surface area contributed by atoms with E-state index >= 15 is 0 Å². The standard InChI is InChI=1S/C52H31N3O2/c1-4-12-32(13-5-1)34-22-27-47-43(30-34)50-51(57-47)49(33-14-6-2-7-15-33)53-52(54-50)37-20-24-40-42-29-36(23-26-46(42)56-48(40)31-37)35-21-25-45-41(28-35)39-18-10-11-19-44(39)55(45)38-16-8-3-9-17-38/h1-31H. The fourth-order valence-electron chi connectivity index (χ4n) is 8.48. The summed E-state index contributed by atoms with van der Waals surface area (Å²) in [5.74, 6) is 0.611. The summed E-state index contributed by atoms with van der Waals surface area (Å²) in [6.07, 6.45) is 0. The average molecular weight is 730 g/mol. The van der Waals surface area contributed by atoms with E-state index < -0.39 is 0 Å². The Morgan fingerprint density at radius 3 is 1.74 bits per heavy atom. The molecule has 5 heteroatoms. The minimum atomic E-state index is 0.611. The van der Waals surface area contributed by atoms with E-state index in [1.807, 2.05) is 30.3 Å². The maximum Gasteiger partial charge on any atom is 0.180 e. The highest BCUT2D eigenvalue weighted by Crippen LogP contribution is 2.40. The number of benzene rings is 8. The molecule has 5 nitrogen and oxygen atoms in total. The monoisotopic (exact) mass is 729 g/mol. The first-order chi connectivity index (χ1) is 28.2. The first kappa shape index (κ1) is 31.6. The molecule has 0 saturated heterocycles. The van der Waals surface area contributed by atoms with Crippen molar-refractivity contribution in [2.24, 2.45) is 0 Å². The minimum Gasteiger partial charge on any atom is -0.456 e. The van der Waals surface area contributed by atoms with E-state index in [0.717, 1.165) is 83.2 Å². The number of para-hydroxylation sites is 2. The molecule has 0 amide bonds. The van der Waals surface area contributed by atoms with E-state index in [4.69, 9.17) is 18.8 Å². The van der Waals surface area contributed by atoms with Crippen molar-refractivity contribution in [3.63, 3.8) is 0 Å². The smallest absolute Gasteiger partial charge is 0.180 e. The van der Waals surface area contributed by atoms with Crippen molar-refractivity contribution in [2.75, 3.05) is 0 Å². The normalized spacial score (nSPS) is 11.9. The molecule has 0 saturated carbocycles. The van der Waals surface area contributed by atoms with Crippen LogP contribution in [0.25, 0.3) is 116 Å². The molecule has 0 aliphatic carbocycles. The Morgan fingerprint density at radius 2 is 0.947 bits per heavy atom. The molecule has 266 valence electrons. The molecular formula is C52H31N3O2. The van der Waals surface area contributed by atoms with Crippen LogP contribution in [0.2, 0.25) is 0 Å². The van der Waals surface area contributed by atoms with Gasteiger partial charge in [0.1, 0.15) is 28.0 Å². The minimum absolute atomic E-state index is 0.611. The third-order valence-electron chi connectivity index (χ3n) is 11.2. The lowest BCUT2D eigenvalue weighted by atomic mass is 10.0. The second-order valence-corrected chi connectivity index (χ2v) is 14.6. The molecule has 4 aromatic heterocycles. The van der Waals surface area contributed by atoms with Gasteiger partial charge in [-0.1, -0.05) is 121 Å². The molecule has 0 atom stereocenters. The summed E-state index contributed by atoms with van der Waals surface area (Å²) in [5.41, 5.74) is 14.5. The first-order valence-electron chi connectivity index (χ1n) is 19.1. The zero-order valence-corrected chi connectivity index (χ0v) is 30.6. The largest absolute Gasteiger partial charge is 0.456 e. The Kier molecular flexibility index (Phi) is 6.86. The molecule has 0 aliphatic rings. The van der Waals surface area contributed by atoms with Gasteiger partial charge in [-0.15, -0.1) is 0 Å². The van der Waals surface area contributed by atoms with Crippen molar-refractivity contribution in [1.29, 1.82) is 0 Å². The van der Waals surface area contributed by atoms with Crippen LogP contribution in [0, 0.1) is 0 Å². The fraction of sp³-hybridized carbons (Fsp3) is 0. The summed E-state index contributed by atoms with van der Waals surface area (Å²) in [4.78, 5) is 10.3. The van der Waals surface area contributed by atoms with Crippen molar-refractivity contribution in [1.82, 2.24) is 14.5 Å². The molecule has 0 aliphatic heterocycles. The third-order valence-corrected chi connectivity index (χ3v) is 11.2. The van der Waals surface area contributed by atoms with Crippen LogP contribution in [-0.4, -0.2) is 14.5 Å². The van der Waals surface area contributed by atoms with Crippen molar-refractivity contribution >= 4 is 65.8 Å². The van der Waals surface area contributed by atoms with Gasteiger partial charge in [-0.25, -0.2) is 9.97 Å². The quantitative estimate of drug-likeness (QED) is 0.177. The molecule has 4 heterocycles. The van der Waals surface area contributed by atoms with Crippen LogP contribution in [0.5, 0.6) is 0 Å². The van der Waals surface area contributed by atoms with Crippen LogP contribution in [0.4, 0.5) is 0 Å². The van der Waals surface area contributed by atoms with Gasteiger partial charge in [0.15, 0.2) is 11.4 Å². The summed E-state index contributed by atoms with van der Waals surface area (Å²) in [7, 11) is 0. The molecule has 12 aromatic rings. The molecule has 12 rings (SSSR count). The van der Waals surface area contributed by atoms with Crippen LogP contribution in [0.3, 0.4) is 0 Å². The number of rotatable bonds is 5. The highest BCUT2D eigenvalue weighted by Gasteiger charge is 2.20. The second-order valence-electron chi connectivity index (χ2n) is 14.6. The van der Waals surface area contributed by atoms with E-state index in [1.165, 1.54) is 21.8 Å². The number of nitrogens with zero attached hydrogens (tertiary/aromatic N) is 3. The van der Waals surface area contributed by atoms with Crippen molar-refractivity contribution in [3.8, 4) is 50.6 Å². The molecule has 0 N–H and O–H groups in total. The highest BCUT2D eigenvalue weighted by molar-refractivity contribution is 6.12. The van der Waals surface area contributed by atoms with Crippen LogP contribution < -0.4 is 0 Å². The Bertz CT molecular complexity index is 3510. The lowest BCUT2D eigenvalue weighted by Crippen LogP contribution is -1.93. The van der Waals surface area contributed by atoms with Gasteiger partial charge in [0.05, 0.1) is 11.0 Å². The van der Waals surface area contributed by atoms with E-state index in [-0.39, 0.29) is 0 Å². The van der Waals surface area contributed by atoms with E-state index in [9.17, 15) is 0 Å². The molecule has 0 bridgehead atoms. The summed E-state index contributed by atoms with van der Waals surface area (Å²) in [6.45, 7) is 0.